The van der Waals surface area contributed by atoms with Gasteiger partial charge in [0.15, 0.2) is 0 Å². The van der Waals surface area contributed by atoms with Crippen molar-refractivity contribution in [1.82, 2.24) is 0 Å². The fraction of sp³-hybridized carbons (Fsp3) is 0.909. The van der Waals surface area contributed by atoms with E-state index in [1.165, 1.54) is 19.3 Å². The van der Waals surface area contributed by atoms with Crippen LogP contribution in [-0.2, 0) is 4.79 Å². The van der Waals surface area contributed by atoms with Crippen LogP contribution in [0.25, 0.3) is 0 Å². The van der Waals surface area contributed by atoms with Gasteiger partial charge in [-0.25, -0.2) is 0 Å². The van der Waals surface area contributed by atoms with E-state index in [-0.39, 0.29) is 5.41 Å². The Bertz CT molecular complexity index is 202. The van der Waals surface area contributed by atoms with E-state index in [1.54, 1.807) is 0 Å². The highest BCUT2D eigenvalue weighted by Crippen LogP contribution is 2.55. The van der Waals surface area contributed by atoms with Gasteiger partial charge in [0.25, 0.3) is 0 Å². The van der Waals surface area contributed by atoms with Crippen LogP contribution in [0.2, 0.25) is 0 Å². The third kappa shape index (κ3) is 1.30. The normalized spacial score (nSPS) is 39.4. The van der Waals surface area contributed by atoms with E-state index < -0.39 is 0 Å². The Labute approximate surface area is 74.5 Å². The summed E-state index contributed by atoms with van der Waals surface area (Å²) in [5, 5.41) is 0. The Morgan fingerprint density at radius 2 is 1.58 bits per heavy atom. The predicted octanol–water partition coefficient (Wildman–Crippen LogP) is 2.65. The molecule has 2 fully saturated rings. The summed E-state index contributed by atoms with van der Waals surface area (Å²) in [6.45, 7) is 6.12. The zero-order chi connectivity index (χ0) is 8.93. The molecule has 2 saturated carbocycles. The van der Waals surface area contributed by atoms with Gasteiger partial charge in [0.1, 0.15) is 5.78 Å². The molecule has 0 N–H and O–H groups in total. The van der Waals surface area contributed by atoms with Crippen LogP contribution in [0.15, 0.2) is 0 Å². The molecule has 0 aromatic carbocycles. The number of rotatable bonds is 1. The second-order valence-electron chi connectivity index (χ2n) is 5.54. The summed E-state index contributed by atoms with van der Waals surface area (Å²) in [4.78, 5) is 11.8. The number of hydrogen-bond donors (Lipinski definition) is 0. The topological polar surface area (TPSA) is 17.1 Å². The molecular weight excluding hydrogens is 148 g/mol. The lowest BCUT2D eigenvalue weighted by Crippen LogP contribution is -2.27. The van der Waals surface area contributed by atoms with Crippen molar-refractivity contribution in [3.05, 3.63) is 0 Å². The van der Waals surface area contributed by atoms with Gasteiger partial charge in [-0.1, -0.05) is 20.8 Å². The first-order valence-electron chi connectivity index (χ1n) is 5.03. The van der Waals surface area contributed by atoms with Gasteiger partial charge in [-0.2, -0.15) is 0 Å². The van der Waals surface area contributed by atoms with Gasteiger partial charge in [0, 0.05) is 11.3 Å². The van der Waals surface area contributed by atoms with E-state index >= 15 is 0 Å². The molecule has 0 spiro atoms. The molecule has 1 heteroatoms. The molecule has 0 aromatic rings. The van der Waals surface area contributed by atoms with Crippen molar-refractivity contribution < 1.29 is 4.79 Å². The van der Waals surface area contributed by atoms with Crippen LogP contribution in [0.4, 0.5) is 0 Å². The van der Waals surface area contributed by atoms with E-state index in [9.17, 15) is 4.79 Å². The minimum Gasteiger partial charge on any atom is -0.299 e. The number of ketones is 1. The van der Waals surface area contributed by atoms with Gasteiger partial charge in [0.05, 0.1) is 0 Å². The molecule has 0 bridgehead atoms. The summed E-state index contributed by atoms with van der Waals surface area (Å²) in [6, 6.07) is 0. The van der Waals surface area contributed by atoms with Crippen LogP contribution in [0.3, 0.4) is 0 Å². The number of Topliss-reactive ketones (excluding diaryl/α,β-unsaturated/α-hetero) is 1. The molecule has 1 nitrogen and oxygen atoms in total. The lowest BCUT2D eigenvalue weighted by atomic mass is 9.81. The van der Waals surface area contributed by atoms with Crippen molar-refractivity contribution in [3.63, 3.8) is 0 Å². The second kappa shape index (κ2) is 2.34. The van der Waals surface area contributed by atoms with Gasteiger partial charge in [-0.05, 0) is 31.1 Å². The lowest BCUT2D eigenvalue weighted by Gasteiger charge is -2.22. The van der Waals surface area contributed by atoms with E-state index in [1.807, 2.05) is 20.8 Å². The van der Waals surface area contributed by atoms with Crippen molar-refractivity contribution in [2.45, 2.75) is 40.0 Å². The van der Waals surface area contributed by atoms with Gasteiger partial charge < -0.3 is 0 Å². The van der Waals surface area contributed by atoms with Crippen LogP contribution < -0.4 is 0 Å². The molecule has 0 aromatic heterocycles. The fourth-order valence-electron chi connectivity index (χ4n) is 2.54. The van der Waals surface area contributed by atoms with Crippen LogP contribution in [-0.4, -0.2) is 5.78 Å². The summed E-state index contributed by atoms with van der Waals surface area (Å²) in [6.07, 6.45) is 3.80. The molecule has 0 saturated heterocycles. The smallest absolute Gasteiger partial charge is 0.141 e. The zero-order valence-electron chi connectivity index (χ0n) is 8.26. The Morgan fingerprint density at radius 1 is 1.08 bits per heavy atom. The summed E-state index contributed by atoms with van der Waals surface area (Å²) < 4.78 is 0. The van der Waals surface area contributed by atoms with E-state index in [0.29, 0.717) is 11.7 Å². The minimum atomic E-state index is -0.110. The predicted molar refractivity (Wildman–Crippen MR) is 48.8 cm³/mol. The third-order valence-electron chi connectivity index (χ3n) is 3.35. The average Bonchev–Trinajstić information content (AvgIpc) is 2.56. The summed E-state index contributed by atoms with van der Waals surface area (Å²) >= 11 is 0. The van der Waals surface area contributed by atoms with E-state index in [0.717, 1.165) is 11.8 Å². The highest BCUT2D eigenvalue weighted by molar-refractivity contribution is 5.86. The standard InChI is InChI=1S/C11H18O/c1-11(2,3)10(12)9-5-7-4-8(7)6-9/h7-9H,4-6H2,1-3H3. The molecule has 0 heterocycles. The van der Waals surface area contributed by atoms with Gasteiger partial charge in [0.2, 0.25) is 0 Å². The summed E-state index contributed by atoms with van der Waals surface area (Å²) in [5.74, 6) is 2.77. The second-order valence-corrected chi connectivity index (χ2v) is 5.54. The molecule has 2 atom stereocenters. The lowest BCUT2D eigenvalue weighted by molar-refractivity contribution is -0.130. The molecular formula is C11H18O. The molecule has 0 amide bonds. The van der Waals surface area contributed by atoms with E-state index in [2.05, 4.69) is 0 Å². The molecule has 2 aliphatic rings. The van der Waals surface area contributed by atoms with Crippen molar-refractivity contribution in [2.75, 3.05) is 0 Å². The Balaban J connectivity index is 1.97. The van der Waals surface area contributed by atoms with E-state index in [4.69, 9.17) is 0 Å². The highest BCUT2D eigenvalue weighted by Gasteiger charge is 2.49. The van der Waals surface area contributed by atoms with Crippen LogP contribution in [0.1, 0.15) is 40.0 Å². The van der Waals surface area contributed by atoms with Crippen molar-refractivity contribution in [1.29, 1.82) is 0 Å². The van der Waals surface area contributed by atoms with Gasteiger partial charge in [-0.15, -0.1) is 0 Å². The SMILES string of the molecule is CC(C)(C)C(=O)C1CC2CC2C1. The van der Waals surface area contributed by atoms with Crippen LogP contribution in [0.5, 0.6) is 0 Å². The van der Waals surface area contributed by atoms with Crippen LogP contribution in [0, 0.1) is 23.2 Å². The molecule has 2 rings (SSSR count). The zero-order valence-corrected chi connectivity index (χ0v) is 8.26. The molecule has 2 aliphatic carbocycles. The summed E-state index contributed by atoms with van der Waals surface area (Å²) in [7, 11) is 0. The summed E-state index contributed by atoms with van der Waals surface area (Å²) in [5.41, 5.74) is -0.110. The maximum absolute atomic E-state index is 11.8. The van der Waals surface area contributed by atoms with Crippen molar-refractivity contribution in [2.24, 2.45) is 23.2 Å². The first-order valence-corrected chi connectivity index (χ1v) is 5.03. The largest absolute Gasteiger partial charge is 0.299 e. The maximum atomic E-state index is 11.8. The number of fused-ring (bicyclic) bond motifs is 1. The molecule has 0 aliphatic heterocycles. The third-order valence-corrected chi connectivity index (χ3v) is 3.35. The van der Waals surface area contributed by atoms with Gasteiger partial charge in [-0.3, -0.25) is 4.79 Å². The first-order chi connectivity index (χ1) is 5.48. The quantitative estimate of drug-likeness (QED) is 0.585. The Kier molecular flexibility index (Phi) is 1.61. The molecule has 12 heavy (non-hydrogen) atoms. The number of hydrogen-bond acceptors (Lipinski definition) is 1. The molecule has 68 valence electrons. The average molecular weight is 166 g/mol. The number of carbonyl (C=O) groups is 1. The van der Waals surface area contributed by atoms with Crippen molar-refractivity contribution >= 4 is 5.78 Å². The first kappa shape index (κ1) is 8.28. The van der Waals surface area contributed by atoms with Gasteiger partial charge >= 0.3 is 0 Å². The molecule has 2 unspecified atom stereocenters. The Morgan fingerprint density at radius 3 is 2.00 bits per heavy atom. The monoisotopic (exact) mass is 166 g/mol. The number of carbonyl (C=O) groups excluding carboxylic acids is 1. The van der Waals surface area contributed by atoms with Crippen molar-refractivity contribution in [3.8, 4) is 0 Å². The Hall–Kier alpha value is -0.330. The minimum absolute atomic E-state index is 0.110. The fourth-order valence-corrected chi connectivity index (χ4v) is 2.54. The maximum Gasteiger partial charge on any atom is 0.141 e. The highest BCUT2D eigenvalue weighted by atomic mass is 16.1. The molecule has 0 radical (unpaired) electrons. The van der Waals surface area contributed by atoms with Crippen LogP contribution >= 0.6 is 0 Å².